The monoisotopic (exact) mass is 333 g/mol. The van der Waals surface area contributed by atoms with Crippen LogP contribution in [0.4, 0.5) is 0 Å². The fourth-order valence-electron chi connectivity index (χ4n) is 2.61. The molecule has 2 atom stereocenters. The Kier molecular flexibility index (Phi) is 3.68. The maximum atomic E-state index is 9.39. The van der Waals surface area contributed by atoms with Crippen molar-refractivity contribution in [2.24, 2.45) is 0 Å². The Balaban J connectivity index is 1.95. The predicted molar refractivity (Wildman–Crippen MR) is 82.0 cm³/mol. The fraction of sp³-hybridized carbons (Fsp3) is 0.250. The van der Waals surface area contributed by atoms with Gasteiger partial charge in [-0.25, -0.2) is 0 Å². The summed E-state index contributed by atoms with van der Waals surface area (Å²) in [7, 11) is 1.97. The molecule has 104 valence electrons. The van der Waals surface area contributed by atoms with Gasteiger partial charge in [0.2, 0.25) is 0 Å². The van der Waals surface area contributed by atoms with Gasteiger partial charge < -0.3 is 15.2 Å². The number of phenolic OH excluding ortho intramolecular Hbond substituents is 1. The van der Waals surface area contributed by atoms with Crippen LogP contribution in [0.2, 0.25) is 0 Å². The minimum absolute atomic E-state index is 0.00477. The maximum absolute atomic E-state index is 9.39. The predicted octanol–water partition coefficient (Wildman–Crippen LogP) is 3.94. The molecule has 2 N–H and O–H groups in total. The zero-order valence-electron chi connectivity index (χ0n) is 11.1. The summed E-state index contributed by atoms with van der Waals surface area (Å²) in [6.07, 6.45) is 0.866. The van der Waals surface area contributed by atoms with Gasteiger partial charge in [0, 0.05) is 22.5 Å². The van der Waals surface area contributed by atoms with Crippen molar-refractivity contribution in [2.45, 2.75) is 18.6 Å². The van der Waals surface area contributed by atoms with Crippen LogP contribution in [0, 0.1) is 0 Å². The average molecular weight is 334 g/mol. The van der Waals surface area contributed by atoms with E-state index in [4.69, 9.17) is 4.74 Å². The van der Waals surface area contributed by atoms with E-state index in [1.807, 2.05) is 31.3 Å². The second-order valence-electron chi connectivity index (χ2n) is 4.96. The summed E-state index contributed by atoms with van der Waals surface area (Å²) in [5, 5.41) is 12.7. The summed E-state index contributed by atoms with van der Waals surface area (Å²) >= 11 is 3.48. The van der Waals surface area contributed by atoms with Crippen molar-refractivity contribution in [2.75, 3.05) is 7.05 Å². The van der Waals surface area contributed by atoms with Gasteiger partial charge in [-0.1, -0.05) is 34.1 Å². The number of halogens is 1. The normalized spacial score (nSPS) is 21.1. The Bertz CT molecular complexity index is 612. The Hall–Kier alpha value is -1.52. The van der Waals surface area contributed by atoms with Gasteiger partial charge in [-0.15, -0.1) is 0 Å². The van der Waals surface area contributed by atoms with Crippen molar-refractivity contribution < 1.29 is 9.84 Å². The van der Waals surface area contributed by atoms with Crippen LogP contribution in [0.1, 0.15) is 29.7 Å². The van der Waals surface area contributed by atoms with Crippen LogP contribution in [0.15, 0.2) is 46.9 Å². The smallest absolute Gasteiger partial charge is 0.126 e. The van der Waals surface area contributed by atoms with Crippen molar-refractivity contribution in [3.63, 3.8) is 0 Å². The van der Waals surface area contributed by atoms with E-state index in [-0.39, 0.29) is 17.9 Å². The molecule has 1 heterocycles. The highest BCUT2D eigenvalue weighted by molar-refractivity contribution is 9.10. The molecule has 3 nitrogen and oxygen atoms in total. The molecule has 0 radical (unpaired) electrons. The minimum atomic E-state index is -0.00477. The zero-order valence-corrected chi connectivity index (χ0v) is 12.7. The SMILES string of the molecule is CNC1CC(c2ccc(O)cc2)Oc2cc(Br)ccc21. The number of ether oxygens (including phenoxy) is 1. The van der Waals surface area contributed by atoms with E-state index in [9.17, 15) is 5.11 Å². The van der Waals surface area contributed by atoms with E-state index in [0.717, 1.165) is 22.2 Å². The van der Waals surface area contributed by atoms with Crippen LogP contribution in [-0.2, 0) is 0 Å². The van der Waals surface area contributed by atoms with Crippen molar-refractivity contribution in [3.05, 3.63) is 58.1 Å². The molecule has 1 aliphatic heterocycles. The van der Waals surface area contributed by atoms with Crippen LogP contribution in [-0.4, -0.2) is 12.2 Å². The molecule has 0 saturated heterocycles. The van der Waals surface area contributed by atoms with Crippen LogP contribution < -0.4 is 10.1 Å². The molecule has 0 aliphatic carbocycles. The van der Waals surface area contributed by atoms with Crippen molar-refractivity contribution in [3.8, 4) is 11.5 Å². The molecule has 2 aromatic carbocycles. The molecule has 0 aromatic heterocycles. The number of aromatic hydroxyl groups is 1. The first-order chi connectivity index (χ1) is 9.67. The summed E-state index contributed by atoms with van der Waals surface area (Å²) in [4.78, 5) is 0. The molecule has 0 spiro atoms. The lowest BCUT2D eigenvalue weighted by molar-refractivity contribution is 0.153. The Morgan fingerprint density at radius 3 is 2.65 bits per heavy atom. The molecule has 3 rings (SSSR count). The molecule has 0 fully saturated rings. The number of benzene rings is 2. The van der Waals surface area contributed by atoms with Gasteiger partial charge in [0.15, 0.2) is 0 Å². The van der Waals surface area contributed by atoms with Crippen LogP contribution in [0.3, 0.4) is 0 Å². The van der Waals surface area contributed by atoms with E-state index in [2.05, 4.69) is 27.3 Å². The van der Waals surface area contributed by atoms with E-state index in [1.54, 1.807) is 12.1 Å². The van der Waals surface area contributed by atoms with Gasteiger partial charge >= 0.3 is 0 Å². The number of rotatable bonds is 2. The van der Waals surface area contributed by atoms with Gasteiger partial charge in [-0.05, 0) is 36.9 Å². The van der Waals surface area contributed by atoms with Crippen molar-refractivity contribution >= 4 is 15.9 Å². The number of hydrogen-bond donors (Lipinski definition) is 2. The molecule has 0 amide bonds. The maximum Gasteiger partial charge on any atom is 0.126 e. The zero-order chi connectivity index (χ0) is 14.1. The first-order valence-electron chi connectivity index (χ1n) is 6.59. The molecule has 20 heavy (non-hydrogen) atoms. The summed E-state index contributed by atoms with van der Waals surface area (Å²) in [5.41, 5.74) is 2.26. The lowest BCUT2D eigenvalue weighted by atomic mass is 9.93. The highest BCUT2D eigenvalue weighted by Crippen LogP contribution is 2.41. The third-order valence-corrected chi connectivity index (χ3v) is 4.18. The van der Waals surface area contributed by atoms with E-state index < -0.39 is 0 Å². The highest BCUT2D eigenvalue weighted by Gasteiger charge is 2.28. The fourth-order valence-corrected chi connectivity index (χ4v) is 2.95. The number of phenols is 1. The van der Waals surface area contributed by atoms with E-state index in [1.165, 1.54) is 5.56 Å². The Morgan fingerprint density at radius 1 is 1.20 bits per heavy atom. The molecular weight excluding hydrogens is 318 g/mol. The number of hydrogen-bond acceptors (Lipinski definition) is 3. The second kappa shape index (κ2) is 5.46. The third-order valence-electron chi connectivity index (χ3n) is 3.68. The summed E-state index contributed by atoms with van der Waals surface area (Å²) < 4.78 is 7.13. The molecule has 2 unspecified atom stereocenters. The number of fused-ring (bicyclic) bond motifs is 1. The lowest BCUT2D eigenvalue weighted by Gasteiger charge is -2.32. The van der Waals surface area contributed by atoms with Crippen molar-refractivity contribution in [1.82, 2.24) is 5.32 Å². The average Bonchev–Trinajstić information content (AvgIpc) is 2.46. The molecule has 4 heteroatoms. The Labute approximate surface area is 126 Å². The largest absolute Gasteiger partial charge is 0.508 e. The second-order valence-corrected chi connectivity index (χ2v) is 5.87. The van der Waals surface area contributed by atoms with Crippen LogP contribution in [0.5, 0.6) is 11.5 Å². The highest BCUT2D eigenvalue weighted by atomic mass is 79.9. The van der Waals surface area contributed by atoms with Crippen molar-refractivity contribution in [1.29, 1.82) is 0 Å². The van der Waals surface area contributed by atoms with Crippen LogP contribution in [0.25, 0.3) is 0 Å². The molecule has 0 saturated carbocycles. The third kappa shape index (κ3) is 2.53. The van der Waals surface area contributed by atoms with E-state index >= 15 is 0 Å². The minimum Gasteiger partial charge on any atom is -0.508 e. The molecule has 0 bridgehead atoms. The number of nitrogens with one attached hydrogen (secondary N) is 1. The summed E-state index contributed by atoms with van der Waals surface area (Å²) in [6, 6.07) is 13.6. The van der Waals surface area contributed by atoms with Gasteiger partial charge in [0.05, 0.1) is 0 Å². The van der Waals surface area contributed by atoms with Gasteiger partial charge in [0.25, 0.3) is 0 Å². The molecule has 1 aliphatic rings. The Morgan fingerprint density at radius 2 is 1.95 bits per heavy atom. The first kappa shape index (κ1) is 13.5. The van der Waals surface area contributed by atoms with Gasteiger partial charge in [-0.2, -0.15) is 0 Å². The topological polar surface area (TPSA) is 41.5 Å². The quantitative estimate of drug-likeness (QED) is 0.874. The first-order valence-corrected chi connectivity index (χ1v) is 7.39. The van der Waals surface area contributed by atoms with E-state index in [0.29, 0.717) is 0 Å². The van der Waals surface area contributed by atoms with Gasteiger partial charge in [-0.3, -0.25) is 0 Å². The van der Waals surface area contributed by atoms with Gasteiger partial charge in [0.1, 0.15) is 17.6 Å². The van der Waals surface area contributed by atoms with Crippen LogP contribution >= 0.6 is 15.9 Å². The summed E-state index contributed by atoms with van der Waals surface area (Å²) in [6.45, 7) is 0. The standard InChI is InChI=1S/C16H16BrNO2/c1-18-14-9-15(10-2-5-12(19)6-3-10)20-16-8-11(17)4-7-13(14)16/h2-8,14-15,18-19H,9H2,1H3. The molecular formula is C16H16BrNO2. The summed E-state index contributed by atoms with van der Waals surface area (Å²) in [5.74, 6) is 1.18. The lowest BCUT2D eigenvalue weighted by Crippen LogP contribution is -2.26. The molecule has 2 aromatic rings.